The van der Waals surface area contributed by atoms with Gasteiger partial charge in [-0.2, -0.15) is 5.10 Å². The summed E-state index contributed by atoms with van der Waals surface area (Å²) in [6.45, 7) is 4.56. The molecule has 0 aliphatic carbocycles. The second kappa shape index (κ2) is 9.47. The number of urea groups is 1. The van der Waals surface area contributed by atoms with Gasteiger partial charge in [-0.3, -0.25) is 0 Å². The van der Waals surface area contributed by atoms with Crippen molar-refractivity contribution in [3.63, 3.8) is 0 Å². The Labute approximate surface area is 216 Å². The molecular formula is C31H29N5O. The van der Waals surface area contributed by atoms with Gasteiger partial charge in [0.05, 0.1) is 29.7 Å². The predicted molar refractivity (Wildman–Crippen MR) is 146 cm³/mol. The Bertz CT molecular complexity index is 1550. The van der Waals surface area contributed by atoms with E-state index in [-0.39, 0.29) is 12.1 Å². The van der Waals surface area contributed by atoms with Crippen LogP contribution >= 0.6 is 0 Å². The minimum Gasteiger partial charge on any atom is -0.308 e. The molecule has 2 aromatic heterocycles. The number of benzene rings is 3. The Hall–Kier alpha value is -4.58. The maximum Gasteiger partial charge on any atom is 0.322 e. The molecule has 0 saturated heterocycles. The molecule has 2 amide bonds. The zero-order valence-electron chi connectivity index (χ0n) is 21.0. The SMILES string of the molecule is CCc1nn(-c2ccccc2)c2c1CN(C(=O)Nc1ccccc1C)C(c1ccccc1)c1cccn1-2. The lowest BCUT2D eigenvalue weighted by Gasteiger charge is -2.31. The van der Waals surface area contributed by atoms with E-state index >= 15 is 0 Å². The van der Waals surface area contributed by atoms with Gasteiger partial charge < -0.3 is 14.8 Å². The molecule has 184 valence electrons. The van der Waals surface area contributed by atoms with Gasteiger partial charge in [0.25, 0.3) is 0 Å². The number of fused-ring (bicyclic) bond motifs is 3. The third kappa shape index (κ3) is 4.00. The number of carbonyl (C=O) groups is 1. The average Bonchev–Trinajstić information content (AvgIpc) is 3.52. The van der Waals surface area contributed by atoms with Gasteiger partial charge in [-0.1, -0.05) is 73.7 Å². The highest BCUT2D eigenvalue weighted by atomic mass is 16.2. The first-order chi connectivity index (χ1) is 18.2. The van der Waals surface area contributed by atoms with Crippen molar-refractivity contribution in [3.8, 4) is 11.5 Å². The van der Waals surface area contributed by atoms with Gasteiger partial charge in [-0.05, 0) is 54.8 Å². The number of hydrogen-bond acceptors (Lipinski definition) is 2. The van der Waals surface area contributed by atoms with Crippen LogP contribution in [0.4, 0.5) is 10.5 Å². The number of nitrogens with one attached hydrogen (secondary N) is 1. The molecule has 1 aliphatic heterocycles. The van der Waals surface area contributed by atoms with E-state index in [9.17, 15) is 4.79 Å². The second-order valence-electron chi connectivity index (χ2n) is 9.34. The van der Waals surface area contributed by atoms with Crippen LogP contribution in [0.3, 0.4) is 0 Å². The number of para-hydroxylation sites is 2. The third-order valence-electron chi connectivity index (χ3n) is 7.07. The van der Waals surface area contributed by atoms with Gasteiger partial charge in [0.15, 0.2) is 0 Å². The molecule has 6 nitrogen and oxygen atoms in total. The number of amides is 2. The van der Waals surface area contributed by atoms with E-state index in [1.807, 2.05) is 83.2 Å². The van der Waals surface area contributed by atoms with Crippen molar-refractivity contribution in [2.75, 3.05) is 5.32 Å². The van der Waals surface area contributed by atoms with Crippen LogP contribution in [0.15, 0.2) is 103 Å². The molecule has 37 heavy (non-hydrogen) atoms. The minimum atomic E-state index is -0.276. The molecule has 0 radical (unpaired) electrons. The first kappa shape index (κ1) is 22.9. The first-order valence-corrected chi connectivity index (χ1v) is 12.7. The highest BCUT2D eigenvalue weighted by molar-refractivity contribution is 5.91. The van der Waals surface area contributed by atoms with Crippen LogP contribution in [0.1, 0.15) is 41.0 Å². The van der Waals surface area contributed by atoms with Crippen LogP contribution in [-0.4, -0.2) is 25.3 Å². The summed E-state index contributed by atoms with van der Waals surface area (Å²) in [6.07, 6.45) is 2.84. The number of nitrogens with zero attached hydrogens (tertiary/aromatic N) is 4. The molecule has 1 aliphatic rings. The van der Waals surface area contributed by atoms with Gasteiger partial charge in [0, 0.05) is 17.4 Å². The minimum absolute atomic E-state index is 0.140. The number of aromatic nitrogens is 3. The van der Waals surface area contributed by atoms with Crippen molar-refractivity contribution in [1.29, 1.82) is 0 Å². The second-order valence-corrected chi connectivity index (χ2v) is 9.34. The number of rotatable bonds is 4. The van der Waals surface area contributed by atoms with Crippen LogP contribution in [0.25, 0.3) is 11.5 Å². The molecule has 6 rings (SSSR count). The molecule has 0 saturated carbocycles. The Kier molecular flexibility index (Phi) is 5.85. The fourth-order valence-electron chi connectivity index (χ4n) is 5.23. The molecule has 3 heterocycles. The van der Waals surface area contributed by atoms with E-state index in [0.29, 0.717) is 6.54 Å². The summed E-state index contributed by atoms with van der Waals surface area (Å²) in [4.78, 5) is 16.0. The average molecular weight is 488 g/mol. The monoisotopic (exact) mass is 487 g/mol. The molecule has 6 heteroatoms. The molecular weight excluding hydrogens is 458 g/mol. The van der Waals surface area contributed by atoms with E-state index < -0.39 is 0 Å². The zero-order valence-corrected chi connectivity index (χ0v) is 21.0. The normalized spacial score (nSPS) is 14.5. The van der Waals surface area contributed by atoms with Crippen LogP contribution in [0, 0.1) is 6.92 Å². The molecule has 5 aromatic rings. The number of anilines is 1. The Balaban J connectivity index is 1.56. The van der Waals surface area contributed by atoms with Crippen molar-refractivity contribution >= 4 is 11.7 Å². The molecule has 1 atom stereocenters. The van der Waals surface area contributed by atoms with Crippen molar-refractivity contribution in [2.24, 2.45) is 0 Å². The quantitative estimate of drug-likeness (QED) is 0.308. The fourth-order valence-corrected chi connectivity index (χ4v) is 5.23. The molecule has 1 unspecified atom stereocenters. The first-order valence-electron chi connectivity index (χ1n) is 12.7. The largest absolute Gasteiger partial charge is 0.322 e. The predicted octanol–water partition coefficient (Wildman–Crippen LogP) is 6.67. The van der Waals surface area contributed by atoms with Crippen molar-refractivity contribution in [1.82, 2.24) is 19.2 Å². The molecule has 0 bridgehead atoms. The van der Waals surface area contributed by atoms with Crippen LogP contribution in [0.2, 0.25) is 0 Å². The van der Waals surface area contributed by atoms with E-state index in [1.165, 1.54) is 0 Å². The maximum absolute atomic E-state index is 14.1. The number of hydrogen-bond donors (Lipinski definition) is 1. The van der Waals surface area contributed by atoms with Crippen LogP contribution in [0.5, 0.6) is 0 Å². The van der Waals surface area contributed by atoms with E-state index in [0.717, 1.165) is 51.7 Å². The summed E-state index contributed by atoms with van der Waals surface area (Å²) in [5, 5.41) is 8.22. The summed E-state index contributed by atoms with van der Waals surface area (Å²) in [5.74, 6) is 0.982. The van der Waals surface area contributed by atoms with Crippen LogP contribution < -0.4 is 5.32 Å². The smallest absolute Gasteiger partial charge is 0.308 e. The summed E-state index contributed by atoms with van der Waals surface area (Å²) in [7, 11) is 0. The number of aryl methyl sites for hydroxylation is 2. The van der Waals surface area contributed by atoms with Crippen LogP contribution in [-0.2, 0) is 13.0 Å². The van der Waals surface area contributed by atoms with Gasteiger partial charge in [-0.25, -0.2) is 9.48 Å². The van der Waals surface area contributed by atoms with Gasteiger partial charge in [0.2, 0.25) is 0 Å². The molecule has 0 spiro atoms. The molecule has 1 N–H and O–H groups in total. The summed E-state index contributed by atoms with van der Waals surface area (Å²) in [5.41, 5.74) is 6.96. The van der Waals surface area contributed by atoms with E-state index in [1.54, 1.807) is 0 Å². The number of carbonyl (C=O) groups excluding carboxylic acids is 1. The lowest BCUT2D eigenvalue weighted by Crippen LogP contribution is -2.38. The van der Waals surface area contributed by atoms with Gasteiger partial charge in [-0.15, -0.1) is 0 Å². The van der Waals surface area contributed by atoms with Gasteiger partial charge in [0.1, 0.15) is 5.82 Å². The van der Waals surface area contributed by atoms with E-state index in [2.05, 4.69) is 53.3 Å². The Morgan fingerprint density at radius 2 is 1.62 bits per heavy atom. The highest BCUT2D eigenvalue weighted by Gasteiger charge is 2.36. The summed E-state index contributed by atoms with van der Waals surface area (Å²) >= 11 is 0. The standard InChI is InChI=1S/C31H29N5O/c1-3-26-25-21-35(31(37)32-27-18-11-10-13-22(27)2)29(23-14-6-4-7-15-23)28-19-12-20-34(28)30(25)36(33-26)24-16-8-5-9-17-24/h4-20,29H,3,21H2,1-2H3,(H,32,37). The topological polar surface area (TPSA) is 55.1 Å². The fraction of sp³-hybridized carbons (Fsp3) is 0.161. The third-order valence-corrected chi connectivity index (χ3v) is 7.07. The Morgan fingerprint density at radius 3 is 2.35 bits per heavy atom. The maximum atomic E-state index is 14.1. The van der Waals surface area contributed by atoms with Crippen molar-refractivity contribution in [3.05, 3.63) is 131 Å². The summed E-state index contributed by atoms with van der Waals surface area (Å²) < 4.78 is 4.22. The van der Waals surface area contributed by atoms with Crippen molar-refractivity contribution in [2.45, 2.75) is 32.9 Å². The zero-order chi connectivity index (χ0) is 25.4. The lowest BCUT2D eigenvalue weighted by atomic mass is 10.0. The molecule has 3 aromatic carbocycles. The van der Waals surface area contributed by atoms with E-state index in [4.69, 9.17) is 5.10 Å². The summed E-state index contributed by atoms with van der Waals surface area (Å²) in [6, 6.07) is 32.1. The van der Waals surface area contributed by atoms with Gasteiger partial charge >= 0.3 is 6.03 Å². The highest BCUT2D eigenvalue weighted by Crippen LogP contribution is 2.39. The van der Waals surface area contributed by atoms with Crippen molar-refractivity contribution < 1.29 is 4.79 Å². The lowest BCUT2D eigenvalue weighted by molar-refractivity contribution is 0.194. The molecule has 0 fully saturated rings. The Morgan fingerprint density at radius 1 is 0.919 bits per heavy atom.